The molecule has 2 nitrogen and oxygen atoms in total. The summed E-state index contributed by atoms with van der Waals surface area (Å²) in [7, 11) is 0. The molecule has 3 rings (SSSR count). The first-order chi connectivity index (χ1) is 9.31. The van der Waals surface area contributed by atoms with Gasteiger partial charge < -0.3 is 4.90 Å². The fourth-order valence-electron chi connectivity index (χ4n) is 2.95. The van der Waals surface area contributed by atoms with Crippen molar-refractivity contribution in [3.05, 3.63) is 34.9 Å². The van der Waals surface area contributed by atoms with Gasteiger partial charge in [-0.2, -0.15) is 0 Å². The van der Waals surface area contributed by atoms with Crippen LogP contribution in [-0.4, -0.2) is 48.6 Å². The fraction of sp³-hybridized carbons (Fsp3) is 0.625. The van der Waals surface area contributed by atoms with Crippen LogP contribution in [-0.2, 0) is 6.42 Å². The lowest BCUT2D eigenvalue weighted by Crippen LogP contribution is -2.47. The molecular formula is C16H23ClN2. The van der Waals surface area contributed by atoms with Gasteiger partial charge >= 0.3 is 0 Å². The maximum absolute atomic E-state index is 5.90. The van der Waals surface area contributed by atoms with E-state index in [-0.39, 0.29) is 0 Å². The van der Waals surface area contributed by atoms with Crippen LogP contribution in [0, 0.1) is 0 Å². The smallest absolute Gasteiger partial charge is 0.0406 e. The zero-order valence-electron chi connectivity index (χ0n) is 11.5. The first-order valence-electron chi connectivity index (χ1n) is 7.52. The Bertz CT molecular complexity index is 392. The van der Waals surface area contributed by atoms with Crippen LogP contribution in [0.4, 0.5) is 0 Å². The van der Waals surface area contributed by atoms with Gasteiger partial charge in [0.1, 0.15) is 0 Å². The van der Waals surface area contributed by atoms with Crippen molar-refractivity contribution in [2.24, 2.45) is 0 Å². The molecule has 1 saturated carbocycles. The molecule has 0 amide bonds. The normalized spacial score (nSPS) is 21.7. The molecule has 19 heavy (non-hydrogen) atoms. The van der Waals surface area contributed by atoms with Crippen molar-refractivity contribution < 1.29 is 0 Å². The molecule has 1 aromatic carbocycles. The predicted octanol–water partition coefficient (Wildman–Crippen LogP) is 3.05. The summed E-state index contributed by atoms with van der Waals surface area (Å²) in [5.41, 5.74) is 1.40. The molecule has 1 aliphatic carbocycles. The number of piperazine rings is 1. The van der Waals surface area contributed by atoms with Crippen LogP contribution in [0.15, 0.2) is 24.3 Å². The molecule has 1 aliphatic heterocycles. The Morgan fingerprint density at radius 2 is 1.68 bits per heavy atom. The fourth-order valence-corrected chi connectivity index (χ4v) is 3.08. The number of nitrogens with zero attached hydrogens (tertiary/aromatic N) is 2. The van der Waals surface area contributed by atoms with E-state index in [9.17, 15) is 0 Å². The van der Waals surface area contributed by atoms with Gasteiger partial charge in [-0.25, -0.2) is 0 Å². The molecule has 0 bridgehead atoms. The highest BCUT2D eigenvalue weighted by Gasteiger charge is 2.30. The molecule has 2 aliphatic rings. The van der Waals surface area contributed by atoms with E-state index < -0.39 is 0 Å². The lowest BCUT2D eigenvalue weighted by Gasteiger charge is -2.34. The Kier molecular flexibility index (Phi) is 4.42. The average Bonchev–Trinajstić information content (AvgIpc) is 3.26. The number of hydrogen-bond donors (Lipinski definition) is 0. The maximum atomic E-state index is 5.90. The molecule has 0 radical (unpaired) electrons. The van der Waals surface area contributed by atoms with Gasteiger partial charge in [-0.1, -0.05) is 23.7 Å². The monoisotopic (exact) mass is 278 g/mol. The van der Waals surface area contributed by atoms with E-state index in [1.807, 2.05) is 12.1 Å². The Hall–Kier alpha value is -0.570. The minimum atomic E-state index is 0.833. The Labute approximate surface area is 121 Å². The van der Waals surface area contributed by atoms with Crippen LogP contribution in [0.1, 0.15) is 24.8 Å². The number of rotatable bonds is 5. The van der Waals surface area contributed by atoms with Gasteiger partial charge in [0.15, 0.2) is 0 Å². The third-order valence-electron chi connectivity index (χ3n) is 4.32. The second kappa shape index (κ2) is 6.25. The van der Waals surface area contributed by atoms with Crippen LogP contribution in [0.25, 0.3) is 0 Å². The Morgan fingerprint density at radius 1 is 1.00 bits per heavy atom. The standard InChI is InChI=1S/C16H23ClN2/c17-15-5-3-14(4-6-15)2-1-9-18-10-12-19(13-11-18)16-7-8-16/h3-6,16H,1-2,7-13H2. The minimum Gasteiger partial charge on any atom is -0.301 e. The number of aryl methyl sites for hydroxylation is 1. The van der Waals surface area contributed by atoms with Crippen molar-refractivity contribution in [2.45, 2.75) is 31.7 Å². The number of halogens is 1. The molecule has 0 N–H and O–H groups in total. The second-order valence-electron chi connectivity index (χ2n) is 5.84. The molecule has 0 aromatic heterocycles. The lowest BCUT2D eigenvalue weighted by molar-refractivity contribution is 0.126. The highest BCUT2D eigenvalue weighted by atomic mass is 35.5. The van der Waals surface area contributed by atoms with Crippen LogP contribution >= 0.6 is 11.6 Å². The van der Waals surface area contributed by atoms with Gasteiger partial charge in [0, 0.05) is 37.2 Å². The molecule has 0 spiro atoms. The van der Waals surface area contributed by atoms with Gasteiger partial charge in [-0.3, -0.25) is 4.90 Å². The first-order valence-corrected chi connectivity index (χ1v) is 7.90. The molecule has 1 heterocycles. The average molecular weight is 279 g/mol. The van der Waals surface area contributed by atoms with Crippen LogP contribution in [0.2, 0.25) is 5.02 Å². The van der Waals surface area contributed by atoms with Crippen molar-refractivity contribution in [1.29, 1.82) is 0 Å². The highest BCUT2D eigenvalue weighted by molar-refractivity contribution is 6.30. The number of benzene rings is 1. The van der Waals surface area contributed by atoms with Crippen LogP contribution in [0.3, 0.4) is 0 Å². The summed E-state index contributed by atoms with van der Waals surface area (Å²) in [5.74, 6) is 0. The van der Waals surface area contributed by atoms with Crippen molar-refractivity contribution >= 4 is 11.6 Å². The summed E-state index contributed by atoms with van der Waals surface area (Å²) < 4.78 is 0. The third kappa shape index (κ3) is 3.95. The van der Waals surface area contributed by atoms with Gasteiger partial charge in [-0.15, -0.1) is 0 Å². The van der Waals surface area contributed by atoms with E-state index in [1.54, 1.807) is 0 Å². The van der Waals surface area contributed by atoms with E-state index in [1.165, 1.54) is 64.0 Å². The summed E-state index contributed by atoms with van der Waals surface area (Å²) in [6, 6.07) is 9.22. The van der Waals surface area contributed by atoms with E-state index in [0.29, 0.717) is 0 Å². The van der Waals surface area contributed by atoms with Gasteiger partial charge in [0.05, 0.1) is 0 Å². The van der Waals surface area contributed by atoms with Crippen molar-refractivity contribution in [3.63, 3.8) is 0 Å². The summed E-state index contributed by atoms with van der Waals surface area (Å²) in [6.45, 7) is 6.33. The van der Waals surface area contributed by atoms with Crippen LogP contribution in [0.5, 0.6) is 0 Å². The number of hydrogen-bond acceptors (Lipinski definition) is 2. The molecule has 0 unspecified atom stereocenters. The molecular weight excluding hydrogens is 256 g/mol. The topological polar surface area (TPSA) is 6.48 Å². The maximum Gasteiger partial charge on any atom is 0.0406 e. The van der Waals surface area contributed by atoms with E-state index in [0.717, 1.165) is 11.1 Å². The quantitative estimate of drug-likeness (QED) is 0.817. The largest absolute Gasteiger partial charge is 0.301 e. The summed E-state index contributed by atoms with van der Waals surface area (Å²) in [5, 5.41) is 0.833. The summed E-state index contributed by atoms with van der Waals surface area (Å²) in [4.78, 5) is 5.30. The zero-order chi connectivity index (χ0) is 13.1. The molecule has 1 saturated heterocycles. The van der Waals surface area contributed by atoms with E-state index in [2.05, 4.69) is 21.9 Å². The van der Waals surface area contributed by atoms with E-state index >= 15 is 0 Å². The Morgan fingerprint density at radius 3 is 2.32 bits per heavy atom. The lowest BCUT2D eigenvalue weighted by atomic mass is 10.1. The molecule has 104 valence electrons. The van der Waals surface area contributed by atoms with Crippen molar-refractivity contribution in [1.82, 2.24) is 9.80 Å². The van der Waals surface area contributed by atoms with Crippen LogP contribution < -0.4 is 0 Å². The first kappa shape index (κ1) is 13.4. The SMILES string of the molecule is Clc1ccc(CCCN2CCN(C3CC3)CC2)cc1. The minimum absolute atomic E-state index is 0.833. The van der Waals surface area contributed by atoms with Gasteiger partial charge in [0.25, 0.3) is 0 Å². The third-order valence-corrected chi connectivity index (χ3v) is 4.58. The molecule has 3 heteroatoms. The van der Waals surface area contributed by atoms with Crippen molar-refractivity contribution in [2.75, 3.05) is 32.7 Å². The van der Waals surface area contributed by atoms with Gasteiger partial charge in [-0.05, 0) is 49.9 Å². The summed E-state index contributed by atoms with van der Waals surface area (Å²) >= 11 is 5.90. The molecule has 2 fully saturated rings. The zero-order valence-corrected chi connectivity index (χ0v) is 12.3. The van der Waals surface area contributed by atoms with E-state index in [4.69, 9.17) is 11.6 Å². The predicted molar refractivity (Wildman–Crippen MR) is 80.8 cm³/mol. The van der Waals surface area contributed by atoms with Crippen molar-refractivity contribution in [3.8, 4) is 0 Å². The molecule has 1 aromatic rings. The second-order valence-corrected chi connectivity index (χ2v) is 6.28. The molecule has 0 atom stereocenters. The van der Waals surface area contributed by atoms with Gasteiger partial charge in [0.2, 0.25) is 0 Å². The highest BCUT2D eigenvalue weighted by Crippen LogP contribution is 2.27. The summed E-state index contributed by atoms with van der Waals surface area (Å²) in [6.07, 6.45) is 5.30. The Balaban J connectivity index is 1.35.